The topological polar surface area (TPSA) is 95.6 Å². The molecule has 1 aromatic rings. The zero-order chi connectivity index (χ0) is 17.9. The molecule has 1 atom stereocenters. The molecule has 0 saturated carbocycles. The molecule has 1 aliphatic rings. The van der Waals surface area contributed by atoms with Crippen LogP contribution < -0.4 is 10.6 Å². The Bertz CT molecular complexity index is 751. The van der Waals surface area contributed by atoms with Gasteiger partial charge in [0.1, 0.15) is 11.9 Å². The Balaban J connectivity index is 2.18. The van der Waals surface area contributed by atoms with E-state index < -0.39 is 33.7 Å². The van der Waals surface area contributed by atoms with Gasteiger partial charge in [-0.3, -0.25) is 9.59 Å². The first kappa shape index (κ1) is 18.3. The van der Waals surface area contributed by atoms with Crippen LogP contribution in [0.2, 0.25) is 0 Å². The highest BCUT2D eigenvalue weighted by Crippen LogP contribution is 2.23. The fraction of sp³-hybridized carbons (Fsp3) is 0.467. The van der Waals surface area contributed by atoms with Crippen LogP contribution in [-0.2, 0) is 19.6 Å². The van der Waals surface area contributed by atoms with Gasteiger partial charge >= 0.3 is 0 Å². The number of sulfonamides is 1. The van der Waals surface area contributed by atoms with Gasteiger partial charge in [0.25, 0.3) is 0 Å². The summed E-state index contributed by atoms with van der Waals surface area (Å²) in [6.07, 6.45) is 2.97. The SMILES string of the molecule is CC(=O)Nc1cc(NC(=O)C2CCCCN2S(C)(=O)=O)ccc1F. The molecule has 1 saturated heterocycles. The first-order valence-electron chi connectivity index (χ1n) is 7.53. The first-order chi connectivity index (χ1) is 11.2. The molecule has 9 heteroatoms. The average Bonchev–Trinajstić information content (AvgIpc) is 2.49. The van der Waals surface area contributed by atoms with E-state index in [4.69, 9.17) is 0 Å². The normalized spacial score (nSPS) is 18.9. The van der Waals surface area contributed by atoms with Crippen molar-refractivity contribution in [3.05, 3.63) is 24.0 Å². The van der Waals surface area contributed by atoms with Crippen molar-refractivity contribution >= 4 is 33.2 Å². The van der Waals surface area contributed by atoms with Crippen LogP contribution >= 0.6 is 0 Å². The number of carbonyl (C=O) groups excluding carboxylic acids is 2. The van der Waals surface area contributed by atoms with E-state index in [2.05, 4.69) is 10.6 Å². The van der Waals surface area contributed by atoms with Crippen LogP contribution in [0.25, 0.3) is 0 Å². The Morgan fingerprint density at radius 3 is 2.58 bits per heavy atom. The Morgan fingerprint density at radius 1 is 1.25 bits per heavy atom. The summed E-state index contributed by atoms with van der Waals surface area (Å²) in [6, 6.07) is 2.98. The highest BCUT2D eigenvalue weighted by atomic mass is 32.2. The zero-order valence-corrected chi connectivity index (χ0v) is 14.3. The minimum atomic E-state index is -3.49. The van der Waals surface area contributed by atoms with Crippen LogP contribution in [0.5, 0.6) is 0 Å². The number of amides is 2. The zero-order valence-electron chi connectivity index (χ0n) is 13.5. The number of hydrogen-bond donors (Lipinski definition) is 2. The summed E-state index contributed by atoms with van der Waals surface area (Å²) in [5.74, 6) is -1.54. The molecule has 0 bridgehead atoms. The molecule has 1 aliphatic heterocycles. The lowest BCUT2D eigenvalue weighted by atomic mass is 10.0. The molecule has 0 aromatic heterocycles. The lowest BCUT2D eigenvalue weighted by molar-refractivity contribution is -0.120. The summed E-state index contributed by atoms with van der Waals surface area (Å²) in [5, 5.41) is 4.92. The summed E-state index contributed by atoms with van der Waals surface area (Å²) in [5.41, 5.74) is 0.230. The van der Waals surface area contributed by atoms with Crippen LogP contribution in [0, 0.1) is 5.82 Å². The second-order valence-corrected chi connectivity index (χ2v) is 7.69. The molecule has 7 nitrogen and oxygen atoms in total. The number of rotatable bonds is 4. The molecular formula is C15H20FN3O4S. The predicted octanol–water partition coefficient (Wildman–Crippen LogP) is 1.54. The van der Waals surface area contributed by atoms with Crippen molar-refractivity contribution in [3.8, 4) is 0 Å². The Hall–Kier alpha value is -2.00. The van der Waals surface area contributed by atoms with Crippen LogP contribution in [-0.4, -0.2) is 43.4 Å². The minimum Gasteiger partial charge on any atom is -0.325 e. The second kappa shape index (κ2) is 7.27. The molecular weight excluding hydrogens is 337 g/mol. The van der Waals surface area contributed by atoms with Gasteiger partial charge in [0, 0.05) is 19.2 Å². The first-order valence-corrected chi connectivity index (χ1v) is 9.38. The van der Waals surface area contributed by atoms with E-state index in [-0.39, 0.29) is 11.4 Å². The second-order valence-electron chi connectivity index (χ2n) is 5.75. The van der Waals surface area contributed by atoms with Crippen molar-refractivity contribution in [3.63, 3.8) is 0 Å². The number of piperidine rings is 1. The van der Waals surface area contributed by atoms with E-state index >= 15 is 0 Å². The number of halogens is 1. The van der Waals surface area contributed by atoms with Crippen molar-refractivity contribution in [2.75, 3.05) is 23.4 Å². The van der Waals surface area contributed by atoms with Gasteiger partial charge < -0.3 is 10.6 Å². The molecule has 1 unspecified atom stereocenters. The summed E-state index contributed by atoms with van der Waals surface area (Å²) in [6.45, 7) is 1.55. The summed E-state index contributed by atoms with van der Waals surface area (Å²) in [4.78, 5) is 23.5. The summed E-state index contributed by atoms with van der Waals surface area (Å²) in [7, 11) is -3.49. The smallest absolute Gasteiger partial charge is 0.242 e. The van der Waals surface area contributed by atoms with Crippen molar-refractivity contribution in [1.82, 2.24) is 4.31 Å². The third-order valence-electron chi connectivity index (χ3n) is 3.73. The maximum Gasteiger partial charge on any atom is 0.242 e. The van der Waals surface area contributed by atoms with E-state index in [0.717, 1.165) is 18.7 Å². The monoisotopic (exact) mass is 357 g/mol. The maximum absolute atomic E-state index is 13.6. The standard InChI is InChI=1S/C15H20FN3O4S/c1-10(20)17-13-9-11(6-7-12(13)16)18-15(21)14-5-3-4-8-19(14)24(2,22)23/h6-7,9,14H,3-5,8H2,1-2H3,(H,17,20)(H,18,21). The molecule has 1 fully saturated rings. The highest BCUT2D eigenvalue weighted by molar-refractivity contribution is 7.88. The van der Waals surface area contributed by atoms with Gasteiger partial charge in [0.2, 0.25) is 21.8 Å². The van der Waals surface area contributed by atoms with E-state index in [1.807, 2.05) is 0 Å². The van der Waals surface area contributed by atoms with E-state index in [0.29, 0.717) is 19.4 Å². The van der Waals surface area contributed by atoms with Crippen molar-refractivity contribution in [2.45, 2.75) is 32.2 Å². The lowest BCUT2D eigenvalue weighted by Crippen LogP contribution is -2.49. The quantitative estimate of drug-likeness (QED) is 0.854. The maximum atomic E-state index is 13.6. The Labute approximate surface area is 140 Å². The van der Waals surface area contributed by atoms with Gasteiger partial charge in [0.15, 0.2) is 0 Å². The summed E-state index contributed by atoms with van der Waals surface area (Å²) < 4.78 is 38.5. The van der Waals surface area contributed by atoms with E-state index in [1.54, 1.807) is 0 Å². The highest BCUT2D eigenvalue weighted by Gasteiger charge is 2.34. The number of nitrogens with zero attached hydrogens (tertiary/aromatic N) is 1. The van der Waals surface area contributed by atoms with Crippen LogP contribution in [0.1, 0.15) is 26.2 Å². The fourth-order valence-corrected chi connectivity index (χ4v) is 3.80. The van der Waals surface area contributed by atoms with Crippen molar-refractivity contribution in [1.29, 1.82) is 0 Å². The third kappa shape index (κ3) is 4.51. The molecule has 2 rings (SSSR count). The largest absolute Gasteiger partial charge is 0.325 e. The van der Waals surface area contributed by atoms with Gasteiger partial charge in [-0.1, -0.05) is 6.42 Å². The third-order valence-corrected chi connectivity index (χ3v) is 5.02. The van der Waals surface area contributed by atoms with Gasteiger partial charge in [0.05, 0.1) is 11.9 Å². The van der Waals surface area contributed by atoms with Crippen molar-refractivity contribution in [2.24, 2.45) is 0 Å². The molecule has 132 valence electrons. The number of nitrogens with one attached hydrogen (secondary N) is 2. The van der Waals surface area contributed by atoms with Gasteiger partial charge in [-0.05, 0) is 31.0 Å². The van der Waals surface area contributed by atoms with E-state index in [9.17, 15) is 22.4 Å². The number of anilines is 2. The molecule has 2 N–H and O–H groups in total. The number of carbonyl (C=O) groups is 2. The number of benzene rings is 1. The molecule has 1 aromatic carbocycles. The molecule has 24 heavy (non-hydrogen) atoms. The van der Waals surface area contributed by atoms with Crippen molar-refractivity contribution < 1.29 is 22.4 Å². The van der Waals surface area contributed by atoms with E-state index in [1.165, 1.54) is 23.4 Å². The van der Waals surface area contributed by atoms with Gasteiger partial charge in [-0.15, -0.1) is 0 Å². The van der Waals surface area contributed by atoms with Crippen LogP contribution in [0.3, 0.4) is 0 Å². The molecule has 2 amide bonds. The fourth-order valence-electron chi connectivity index (χ4n) is 2.68. The molecule has 0 radical (unpaired) electrons. The minimum absolute atomic E-state index is 0.0519. The Kier molecular flexibility index (Phi) is 5.55. The molecule has 0 spiro atoms. The molecule has 1 heterocycles. The summed E-state index contributed by atoms with van der Waals surface area (Å²) >= 11 is 0. The lowest BCUT2D eigenvalue weighted by Gasteiger charge is -2.32. The van der Waals surface area contributed by atoms with Crippen LogP contribution in [0.15, 0.2) is 18.2 Å². The van der Waals surface area contributed by atoms with Gasteiger partial charge in [-0.25, -0.2) is 12.8 Å². The number of hydrogen-bond acceptors (Lipinski definition) is 4. The average molecular weight is 357 g/mol. The Morgan fingerprint density at radius 2 is 1.96 bits per heavy atom. The van der Waals surface area contributed by atoms with Gasteiger partial charge in [-0.2, -0.15) is 4.31 Å². The molecule has 0 aliphatic carbocycles. The van der Waals surface area contributed by atoms with Crippen LogP contribution in [0.4, 0.5) is 15.8 Å². The predicted molar refractivity (Wildman–Crippen MR) is 88.5 cm³/mol.